The van der Waals surface area contributed by atoms with Crippen LogP contribution in [0.1, 0.15) is 31.9 Å². The van der Waals surface area contributed by atoms with Crippen LogP contribution >= 0.6 is 0 Å². The average Bonchev–Trinajstić information content (AvgIpc) is 2.63. The predicted octanol–water partition coefficient (Wildman–Crippen LogP) is 1.76. The summed E-state index contributed by atoms with van der Waals surface area (Å²) in [6.07, 6.45) is 6.05. The number of aromatic nitrogens is 1. The lowest BCUT2D eigenvalue weighted by Gasteiger charge is -2.22. The van der Waals surface area contributed by atoms with Crippen molar-refractivity contribution in [1.82, 2.24) is 15.6 Å². The molecule has 2 heterocycles. The first-order valence-electron chi connectivity index (χ1n) is 9.00. The Balaban J connectivity index is 1.60. The fourth-order valence-electron chi connectivity index (χ4n) is 2.54. The summed E-state index contributed by atoms with van der Waals surface area (Å²) in [5.41, 5.74) is 1.09. The molecule has 2 rings (SSSR count). The molecule has 6 heteroatoms. The van der Waals surface area contributed by atoms with Gasteiger partial charge in [-0.05, 0) is 38.3 Å². The summed E-state index contributed by atoms with van der Waals surface area (Å²) in [5, 5.41) is 6.62. The van der Waals surface area contributed by atoms with Crippen molar-refractivity contribution in [1.29, 1.82) is 0 Å². The van der Waals surface area contributed by atoms with E-state index in [9.17, 15) is 0 Å². The van der Waals surface area contributed by atoms with Crippen LogP contribution in [0.25, 0.3) is 0 Å². The van der Waals surface area contributed by atoms with Crippen molar-refractivity contribution >= 4 is 5.96 Å². The topological polar surface area (TPSA) is 67.8 Å². The highest BCUT2D eigenvalue weighted by Gasteiger charge is 2.13. The summed E-state index contributed by atoms with van der Waals surface area (Å²) in [6, 6.07) is 5.99. The molecule has 1 aliphatic rings. The highest BCUT2D eigenvalue weighted by Crippen LogP contribution is 2.10. The number of guanidine groups is 1. The maximum atomic E-state index is 5.87. The van der Waals surface area contributed by atoms with Crippen molar-refractivity contribution in [3.8, 4) is 0 Å². The van der Waals surface area contributed by atoms with E-state index in [1.165, 1.54) is 0 Å². The minimum absolute atomic E-state index is 0.368. The largest absolute Gasteiger partial charge is 0.381 e. The second-order valence-corrected chi connectivity index (χ2v) is 5.79. The van der Waals surface area contributed by atoms with Crippen LogP contribution in [0.3, 0.4) is 0 Å². The summed E-state index contributed by atoms with van der Waals surface area (Å²) in [7, 11) is 0. The van der Waals surface area contributed by atoms with Gasteiger partial charge in [0.1, 0.15) is 0 Å². The first-order valence-corrected chi connectivity index (χ1v) is 9.00. The number of rotatable bonds is 9. The zero-order valence-electron chi connectivity index (χ0n) is 14.7. The SMILES string of the molecule is CCNC(=NCCCOC1CCOCC1)NCCc1ccccn1. The lowest BCUT2D eigenvalue weighted by atomic mass is 10.1. The van der Waals surface area contributed by atoms with Crippen LogP contribution in [0, 0.1) is 0 Å². The Kier molecular flexibility index (Phi) is 9.19. The number of hydrogen-bond donors (Lipinski definition) is 2. The van der Waals surface area contributed by atoms with E-state index in [4.69, 9.17) is 9.47 Å². The second-order valence-electron chi connectivity index (χ2n) is 5.79. The van der Waals surface area contributed by atoms with Crippen LogP contribution in [0.4, 0.5) is 0 Å². The third kappa shape index (κ3) is 7.75. The Hall–Kier alpha value is -1.66. The van der Waals surface area contributed by atoms with E-state index in [-0.39, 0.29) is 0 Å². The monoisotopic (exact) mass is 334 g/mol. The lowest BCUT2D eigenvalue weighted by Crippen LogP contribution is -2.38. The van der Waals surface area contributed by atoms with Gasteiger partial charge in [0.2, 0.25) is 0 Å². The Morgan fingerprint density at radius 1 is 1.33 bits per heavy atom. The zero-order valence-corrected chi connectivity index (χ0v) is 14.7. The Bertz CT molecular complexity index is 461. The lowest BCUT2D eigenvalue weighted by molar-refractivity contribution is -0.0318. The van der Waals surface area contributed by atoms with Gasteiger partial charge in [-0.25, -0.2) is 0 Å². The van der Waals surface area contributed by atoms with Gasteiger partial charge < -0.3 is 20.1 Å². The highest BCUT2D eigenvalue weighted by atomic mass is 16.5. The van der Waals surface area contributed by atoms with Crippen molar-refractivity contribution in [3.05, 3.63) is 30.1 Å². The van der Waals surface area contributed by atoms with Gasteiger partial charge in [-0.2, -0.15) is 0 Å². The molecule has 0 aromatic carbocycles. The van der Waals surface area contributed by atoms with E-state index in [2.05, 4.69) is 27.5 Å². The predicted molar refractivity (Wildman–Crippen MR) is 96.3 cm³/mol. The number of hydrogen-bond acceptors (Lipinski definition) is 4. The molecule has 0 atom stereocenters. The van der Waals surface area contributed by atoms with Crippen molar-refractivity contribution < 1.29 is 9.47 Å². The summed E-state index contributed by atoms with van der Waals surface area (Å²) in [5.74, 6) is 0.861. The third-order valence-corrected chi connectivity index (χ3v) is 3.84. The maximum Gasteiger partial charge on any atom is 0.191 e. The van der Waals surface area contributed by atoms with Crippen LogP contribution < -0.4 is 10.6 Å². The molecule has 0 amide bonds. The molecule has 1 aliphatic heterocycles. The summed E-state index contributed by atoms with van der Waals surface area (Å²) in [6.45, 7) is 6.93. The molecule has 0 spiro atoms. The molecule has 0 unspecified atom stereocenters. The Morgan fingerprint density at radius 3 is 2.96 bits per heavy atom. The fraction of sp³-hybridized carbons (Fsp3) is 0.667. The molecular formula is C18H30N4O2. The van der Waals surface area contributed by atoms with Gasteiger partial charge in [0.25, 0.3) is 0 Å². The van der Waals surface area contributed by atoms with Crippen LogP contribution in [0.2, 0.25) is 0 Å². The van der Waals surface area contributed by atoms with E-state index in [0.29, 0.717) is 6.10 Å². The van der Waals surface area contributed by atoms with Gasteiger partial charge in [-0.1, -0.05) is 6.07 Å². The zero-order chi connectivity index (χ0) is 16.9. The second kappa shape index (κ2) is 11.8. The summed E-state index contributed by atoms with van der Waals surface area (Å²) < 4.78 is 11.2. The normalized spacial score (nSPS) is 16.1. The quantitative estimate of drug-likeness (QED) is 0.409. The van der Waals surface area contributed by atoms with E-state index >= 15 is 0 Å². The van der Waals surface area contributed by atoms with Crippen molar-refractivity contribution in [2.75, 3.05) is 39.5 Å². The molecule has 6 nitrogen and oxygen atoms in total. The highest BCUT2D eigenvalue weighted by molar-refractivity contribution is 5.79. The maximum absolute atomic E-state index is 5.87. The molecular weight excluding hydrogens is 304 g/mol. The molecule has 0 bridgehead atoms. The molecule has 1 saturated heterocycles. The number of ether oxygens (including phenoxy) is 2. The van der Waals surface area contributed by atoms with Gasteiger partial charge in [0.15, 0.2) is 5.96 Å². The minimum Gasteiger partial charge on any atom is -0.381 e. The van der Waals surface area contributed by atoms with Gasteiger partial charge in [0.05, 0.1) is 6.10 Å². The van der Waals surface area contributed by atoms with Crippen LogP contribution in [-0.2, 0) is 15.9 Å². The first kappa shape index (κ1) is 18.7. The smallest absolute Gasteiger partial charge is 0.191 e. The van der Waals surface area contributed by atoms with E-state index in [1.54, 1.807) is 0 Å². The van der Waals surface area contributed by atoms with Crippen LogP contribution in [0.15, 0.2) is 29.4 Å². The standard InChI is InChI=1S/C18H30N4O2/c1-2-19-18(22-12-7-16-6-3-4-10-20-16)21-11-5-13-24-17-8-14-23-15-9-17/h3-4,6,10,17H,2,5,7-9,11-15H2,1H3,(H2,19,21,22). The van der Waals surface area contributed by atoms with E-state index in [0.717, 1.165) is 76.8 Å². The Morgan fingerprint density at radius 2 is 2.21 bits per heavy atom. The van der Waals surface area contributed by atoms with Gasteiger partial charge in [0, 0.05) is 57.8 Å². The third-order valence-electron chi connectivity index (χ3n) is 3.84. The molecule has 134 valence electrons. The number of nitrogens with zero attached hydrogens (tertiary/aromatic N) is 2. The van der Waals surface area contributed by atoms with Crippen molar-refractivity contribution in [2.45, 2.75) is 38.7 Å². The van der Waals surface area contributed by atoms with E-state index < -0.39 is 0 Å². The summed E-state index contributed by atoms with van der Waals surface area (Å²) in [4.78, 5) is 8.92. The molecule has 0 radical (unpaired) electrons. The Labute approximate surface area is 145 Å². The number of pyridine rings is 1. The first-order chi connectivity index (χ1) is 11.9. The molecule has 1 aromatic heterocycles. The molecule has 1 aromatic rings. The average molecular weight is 334 g/mol. The molecule has 0 saturated carbocycles. The van der Waals surface area contributed by atoms with Crippen LogP contribution in [-0.4, -0.2) is 56.5 Å². The molecule has 0 aliphatic carbocycles. The van der Waals surface area contributed by atoms with Gasteiger partial charge >= 0.3 is 0 Å². The van der Waals surface area contributed by atoms with E-state index in [1.807, 2.05) is 24.4 Å². The minimum atomic E-state index is 0.368. The molecule has 24 heavy (non-hydrogen) atoms. The molecule has 1 fully saturated rings. The van der Waals surface area contributed by atoms with Crippen LogP contribution in [0.5, 0.6) is 0 Å². The van der Waals surface area contributed by atoms with Crippen molar-refractivity contribution in [3.63, 3.8) is 0 Å². The molecule has 2 N–H and O–H groups in total. The summed E-state index contributed by atoms with van der Waals surface area (Å²) >= 11 is 0. The van der Waals surface area contributed by atoms with Crippen molar-refractivity contribution in [2.24, 2.45) is 4.99 Å². The number of aliphatic imine (C=N–C) groups is 1. The number of nitrogens with one attached hydrogen (secondary N) is 2. The van der Waals surface area contributed by atoms with Gasteiger partial charge in [-0.15, -0.1) is 0 Å². The fourth-order valence-corrected chi connectivity index (χ4v) is 2.54. The van der Waals surface area contributed by atoms with Gasteiger partial charge in [-0.3, -0.25) is 9.98 Å².